The summed E-state index contributed by atoms with van der Waals surface area (Å²) in [4.78, 5) is 16.5. The Kier molecular flexibility index (Phi) is 4.12. The SMILES string of the molecule is COc1ccc([C@H]2CC(=O)Nc3c2cnn3Cc2cccc(F)c2)cn1. The summed E-state index contributed by atoms with van der Waals surface area (Å²) in [6, 6.07) is 10.0. The molecule has 2 aromatic heterocycles. The van der Waals surface area contributed by atoms with E-state index < -0.39 is 0 Å². The molecule has 6 nitrogen and oxygen atoms in total. The quantitative estimate of drug-likeness (QED) is 0.784. The highest BCUT2D eigenvalue weighted by atomic mass is 19.1. The summed E-state index contributed by atoms with van der Waals surface area (Å²) in [5.74, 6) is 0.662. The number of ether oxygens (including phenoxy) is 1. The molecule has 0 aliphatic carbocycles. The number of aromatic nitrogens is 3. The number of pyridine rings is 1. The summed E-state index contributed by atoms with van der Waals surface area (Å²) in [5, 5.41) is 7.29. The number of nitrogens with one attached hydrogen (secondary N) is 1. The van der Waals surface area contributed by atoms with Gasteiger partial charge < -0.3 is 10.1 Å². The van der Waals surface area contributed by atoms with Crippen molar-refractivity contribution >= 4 is 11.7 Å². The summed E-state index contributed by atoms with van der Waals surface area (Å²) in [6.07, 6.45) is 3.80. The van der Waals surface area contributed by atoms with Crippen LogP contribution in [0.5, 0.6) is 5.88 Å². The van der Waals surface area contributed by atoms with E-state index in [4.69, 9.17) is 4.74 Å². The second-order valence-corrected chi connectivity index (χ2v) is 6.17. The zero-order valence-electron chi connectivity index (χ0n) is 14.1. The molecule has 0 fully saturated rings. The monoisotopic (exact) mass is 352 g/mol. The first-order valence-corrected chi connectivity index (χ1v) is 8.24. The van der Waals surface area contributed by atoms with Gasteiger partial charge >= 0.3 is 0 Å². The molecule has 1 amide bonds. The second-order valence-electron chi connectivity index (χ2n) is 6.17. The molecule has 1 aromatic carbocycles. The van der Waals surface area contributed by atoms with Gasteiger partial charge in [0.25, 0.3) is 0 Å². The lowest BCUT2D eigenvalue weighted by molar-refractivity contribution is -0.116. The fourth-order valence-electron chi connectivity index (χ4n) is 3.21. The molecular formula is C19H17FN4O2. The van der Waals surface area contributed by atoms with E-state index in [-0.39, 0.29) is 17.6 Å². The van der Waals surface area contributed by atoms with E-state index in [2.05, 4.69) is 15.4 Å². The first-order valence-electron chi connectivity index (χ1n) is 8.24. The summed E-state index contributed by atoms with van der Waals surface area (Å²) in [6.45, 7) is 0.376. The van der Waals surface area contributed by atoms with Gasteiger partial charge in [0, 0.05) is 30.2 Å². The van der Waals surface area contributed by atoms with Crippen LogP contribution in [0.15, 0.2) is 48.8 Å². The van der Waals surface area contributed by atoms with E-state index in [1.54, 1.807) is 36.3 Å². The third-order valence-corrected chi connectivity index (χ3v) is 4.48. The predicted octanol–water partition coefficient (Wildman–Crippen LogP) is 2.95. The number of fused-ring (bicyclic) bond motifs is 1. The Morgan fingerprint density at radius 2 is 2.19 bits per heavy atom. The van der Waals surface area contributed by atoms with Gasteiger partial charge in [-0.15, -0.1) is 0 Å². The fourth-order valence-corrected chi connectivity index (χ4v) is 3.21. The highest BCUT2D eigenvalue weighted by molar-refractivity contribution is 5.94. The van der Waals surface area contributed by atoms with Crippen LogP contribution in [0.2, 0.25) is 0 Å². The number of nitrogens with zero attached hydrogens (tertiary/aromatic N) is 3. The number of hydrogen-bond donors (Lipinski definition) is 1. The van der Waals surface area contributed by atoms with Crippen LogP contribution in [-0.2, 0) is 11.3 Å². The molecule has 26 heavy (non-hydrogen) atoms. The lowest BCUT2D eigenvalue weighted by Crippen LogP contribution is -2.25. The van der Waals surface area contributed by atoms with Crippen molar-refractivity contribution in [2.45, 2.75) is 18.9 Å². The third-order valence-electron chi connectivity index (χ3n) is 4.48. The average Bonchev–Trinajstić information content (AvgIpc) is 3.04. The largest absolute Gasteiger partial charge is 0.481 e. The van der Waals surface area contributed by atoms with E-state index >= 15 is 0 Å². The van der Waals surface area contributed by atoms with Gasteiger partial charge in [-0.1, -0.05) is 18.2 Å². The molecule has 3 aromatic rings. The Balaban J connectivity index is 1.68. The Morgan fingerprint density at radius 1 is 1.31 bits per heavy atom. The molecule has 4 rings (SSSR count). The topological polar surface area (TPSA) is 69.0 Å². The van der Waals surface area contributed by atoms with Crippen LogP contribution in [-0.4, -0.2) is 27.8 Å². The number of carbonyl (C=O) groups excluding carboxylic acids is 1. The predicted molar refractivity (Wildman–Crippen MR) is 93.6 cm³/mol. The number of benzene rings is 1. The van der Waals surface area contributed by atoms with E-state index in [1.165, 1.54) is 12.1 Å². The number of hydrogen-bond acceptors (Lipinski definition) is 4. The number of amides is 1. The van der Waals surface area contributed by atoms with Crippen molar-refractivity contribution in [3.63, 3.8) is 0 Å². The van der Waals surface area contributed by atoms with Crippen molar-refractivity contribution in [1.82, 2.24) is 14.8 Å². The Labute approximate surface area is 149 Å². The van der Waals surface area contributed by atoms with Crippen molar-refractivity contribution in [2.75, 3.05) is 12.4 Å². The first-order chi connectivity index (χ1) is 12.6. The molecule has 0 spiro atoms. The molecule has 1 aliphatic heterocycles. The van der Waals surface area contributed by atoms with Crippen molar-refractivity contribution in [1.29, 1.82) is 0 Å². The van der Waals surface area contributed by atoms with Crippen molar-refractivity contribution in [3.05, 3.63) is 71.3 Å². The molecule has 3 heterocycles. The molecule has 1 aliphatic rings. The van der Waals surface area contributed by atoms with Crippen LogP contribution in [0.4, 0.5) is 10.2 Å². The molecule has 132 valence electrons. The molecule has 0 saturated carbocycles. The van der Waals surface area contributed by atoms with Crippen LogP contribution in [0, 0.1) is 5.82 Å². The molecular weight excluding hydrogens is 335 g/mol. The summed E-state index contributed by atoms with van der Waals surface area (Å²) in [5.41, 5.74) is 2.62. The van der Waals surface area contributed by atoms with E-state index in [1.807, 2.05) is 12.1 Å². The molecule has 1 atom stereocenters. The zero-order chi connectivity index (χ0) is 18.1. The van der Waals surface area contributed by atoms with Crippen LogP contribution in [0.3, 0.4) is 0 Å². The first kappa shape index (κ1) is 16.3. The van der Waals surface area contributed by atoms with Gasteiger partial charge in [-0.2, -0.15) is 5.10 Å². The number of anilines is 1. The smallest absolute Gasteiger partial charge is 0.226 e. The van der Waals surface area contributed by atoms with Gasteiger partial charge in [-0.25, -0.2) is 14.1 Å². The number of methoxy groups -OCH3 is 1. The number of carbonyl (C=O) groups is 1. The van der Waals surface area contributed by atoms with Gasteiger partial charge in [-0.3, -0.25) is 4.79 Å². The van der Waals surface area contributed by atoms with Crippen molar-refractivity contribution < 1.29 is 13.9 Å². The molecule has 0 unspecified atom stereocenters. The zero-order valence-corrected chi connectivity index (χ0v) is 14.1. The van der Waals surface area contributed by atoms with Gasteiger partial charge in [0.15, 0.2) is 0 Å². The number of halogens is 1. The Bertz CT molecular complexity index is 952. The van der Waals surface area contributed by atoms with E-state index in [9.17, 15) is 9.18 Å². The third kappa shape index (κ3) is 3.03. The molecule has 0 bridgehead atoms. The van der Waals surface area contributed by atoms with Gasteiger partial charge in [-0.05, 0) is 23.3 Å². The van der Waals surface area contributed by atoms with Crippen LogP contribution < -0.4 is 10.1 Å². The Morgan fingerprint density at radius 3 is 2.92 bits per heavy atom. The van der Waals surface area contributed by atoms with E-state index in [0.717, 1.165) is 16.7 Å². The maximum absolute atomic E-state index is 13.4. The summed E-state index contributed by atoms with van der Waals surface area (Å²) >= 11 is 0. The highest BCUT2D eigenvalue weighted by Crippen LogP contribution is 2.37. The van der Waals surface area contributed by atoms with Crippen LogP contribution >= 0.6 is 0 Å². The second kappa shape index (κ2) is 6.59. The van der Waals surface area contributed by atoms with Crippen molar-refractivity contribution in [2.24, 2.45) is 0 Å². The Hall–Kier alpha value is -3.22. The summed E-state index contributed by atoms with van der Waals surface area (Å²) in [7, 11) is 1.56. The molecule has 1 N–H and O–H groups in total. The lowest BCUT2D eigenvalue weighted by Gasteiger charge is -2.23. The summed E-state index contributed by atoms with van der Waals surface area (Å²) < 4.78 is 20.2. The minimum absolute atomic E-state index is 0.0840. The normalized spacial score (nSPS) is 16.1. The average molecular weight is 352 g/mol. The fraction of sp³-hybridized carbons (Fsp3) is 0.211. The minimum atomic E-state index is -0.297. The van der Waals surface area contributed by atoms with Crippen LogP contribution in [0.25, 0.3) is 0 Å². The van der Waals surface area contributed by atoms with Crippen LogP contribution in [0.1, 0.15) is 29.0 Å². The van der Waals surface area contributed by atoms with Gasteiger partial charge in [0.2, 0.25) is 11.8 Å². The van der Waals surface area contributed by atoms with Gasteiger partial charge in [0.05, 0.1) is 19.9 Å². The van der Waals surface area contributed by atoms with Gasteiger partial charge in [0.1, 0.15) is 11.6 Å². The minimum Gasteiger partial charge on any atom is -0.481 e. The molecule has 0 saturated heterocycles. The van der Waals surface area contributed by atoms with E-state index in [0.29, 0.717) is 24.7 Å². The van der Waals surface area contributed by atoms with Crippen molar-refractivity contribution in [3.8, 4) is 5.88 Å². The maximum atomic E-state index is 13.4. The maximum Gasteiger partial charge on any atom is 0.226 e. The number of rotatable bonds is 4. The molecule has 0 radical (unpaired) electrons. The standard InChI is InChI=1S/C19H17FN4O2/c1-26-18-6-5-13(9-21-18)15-8-17(25)23-19-16(15)10-22-24(19)11-12-3-2-4-14(20)7-12/h2-7,9-10,15H,8,11H2,1H3,(H,23,25)/t15-/m1/s1. The molecule has 7 heteroatoms. The lowest BCUT2D eigenvalue weighted by atomic mass is 9.88. The highest BCUT2D eigenvalue weighted by Gasteiger charge is 2.30.